The van der Waals surface area contributed by atoms with Gasteiger partial charge in [-0.1, -0.05) is 0 Å². The van der Waals surface area contributed by atoms with Crippen LogP contribution in [0.3, 0.4) is 0 Å². The number of benzene rings is 1. The molecule has 0 fully saturated rings. The average Bonchev–Trinajstić information content (AvgIpc) is 2.14. The van der Waals surface area contributed by atoms with Crippen molar-refractivity contribution in [2.75, 3.05) is 17.7 Å². The minimum absolute atomic E-state index is 0.0723. The molecule has 0 saturated carbocycles. The zero-order valence-electron chi connectivity index (χ0n) is 9.26. The summed E-state index contributed by atoms with van der Waals surface area (Å²) < 4.78 is 0.909. The Hall–Kier alpha value is -0.740. The quantitative estimate of drug-likeness (QED) is 0.742. The van der Waals surface area contributed by atoms with Crippen LogP contribution >= 0.6 is 15.9 Å². The second-order valence-corrected chi connectivity index (χ2v) is 5.21. The Morgan fingerprint density at radius 2 is 2.07 bits per heavy atom. The summed E-state index contributed by atoms with van der Waals surface area (Å²) in [5, 5.41) is 12.4. The lowest BCUT2D eigenvalue weighted by molar-refractivity contribution is 0.234. The maximum Gasteiger partial charge on any atom is 0.0656 e. The number of rotatable bonds is 3. The molecule has 0 aliphatic heterocycles. The van der Waals surface area contributed by atoms with Crippen LogP contribution in [-0.2, 0) is 0 Å². The summed E-state index contributed by atoms with van der Waals surface area (Å²) in [4.78, 5) is 0. The molecule has 0 unspecified atom stereocenters. The number of nitrogens with two attached hydrogens (primary N) is 1. The predicted octanol–water partition coefficient (Wildman–Crippen LogP) is 2.52. The standard InChI is InChI=1S/C11H17BrN2O/c1-7-4-10(8(12)5-9(7)13)14-11(2,3)6-15/h4-5,14-15H,6,13H2,1-3H3. The van der Waals surface area contributed by atoms with Crippen molar-refractivity contribution in [2.45, 2.75) is 26.3 Å². The lowest BCUT2D eigenvalue weighted by Crippen LogP contribution is -2.35. The average molecular weight is 273 g/mol. The van der Waals surface area contributed by atoms with Crippen LogP contribution in [0.4, 0.5) is 11.4 Å². The van der Waals surface area contributed by atoms with E-state index in [1.807, 2.05) is 32.9 Å². The number of aryl methyl sites for hydroxylation is 1. The van der Waals surface area contributed by atoms with Gasteiger partial charge in [0.15, 0.2) is 0 Å². The third-order valence-corrected chi connectivity index (χ3v) is 2.88. The number of halogens is 1. The van der Waals surface area contributed by atoms with Gasteiger partial charge in [-0.25, -0.2) is 0 Å². The van der Waals surface area contributed by atoms with Gasteiger partial charge in [0.25, 0.3) is 0 Å². The molecule has 0 bridgehead atoms. The summed E-state index contributed by atoms with van der Waals surface area (Å²) >= 11 is 3.44. The van der Waals surface area contributed by atoms with Gasteiger partial charge in [-0.3, -0.25) is 0 Å². The van der Waals surface area contributed by atoms with E-state index in [0.717, 1.165) is 21.4 Å². The Balaban J connectivity index is 3.01. The molecule has 1 rings (SSSR count). The van der Waals surface area contributed by atoms with Crippen molar-refractivity contribution in [1.82, 2.24) is 0 Å². The molecule has 0 aliphatic rings. The van der Waals surface area contributed by atoms with E-state index >= 15 is 0 Å². The van der Waals surface area contributed by atoms with E-state index in [2.05, 4.69) is 21.2 Å². The van der Waals surface area contributed by atoms with Crippen molar-refractivity contribution in [3.05, 3.63) is 22.2 Å². The molecule has 4 N–H and O–H groups in total. The monoisotopic (exact) mass is 272 g/mol. The molecule has 0 aromatic heterocycles. The van der Waals surface area contributed by atoms with Gasteiger partial charge in [-0.2, -0.15) is 0 Å². The van der Waals surface area contributed by atoms with Gasteiger partial charge < -0.3 is 16.2 Å². The van der Waals surface area contributed by atoms with E-state index in [1.165, 1.54) is 0 Å². The number of anilines is 2. The molecule has 1 aromatic carbocycles. The first kappa shape index (κ1) is 12.3. The lowest BCUT2D eigenvalue weighted by atomic mass is 10.1. The zero-order chi connectivity index (χ0) is 11.6. The number of hydrogen-bond acceptors (Lipinski definition) is 3. The Kier molecular flexibility index (Phi) is 3.62. The molecular weight excluding hydrogens is 256 g/mol. The summed E-state index contributed by atoms with van der Waals surface area (Å²) in [6.07, 6.45) is 0. The van der Waals surface area contributed by atoms with Gasteiger partial charge in [0, 0.05) is 15.8 Å². The molecule has 1 aromatic rings. The Labute approximate surface area is 98.8 Å². The molecule has 3 nitrogen and oxygen atoms in total. The number of aliphatic hydroxyl groups excluding tert-OH is 1. The highest BCUT2D eigenvalue weighted by Gasteiger charge is 2.17. The molecule has 84 valence electrons. The largest absolute Gasteiger partial charge is 0.398 e. The fraction of sp³-hybridized carbons (Fsp3) is 0.455. The third kappa shape index (κ3) is 3.11. The maximum absolute atomic E-state index is 9.17. The zero-order valence-corrected chi connectivity index (χ0v) is 10.9. The van der Waals surface area contributed by atoms with E-state index in [0.29, 0.717) is 0 Å². The normalized spacial score (nSPS) is 11.5. The number of nitrogen functional groups attached to an aromatic ring is 1. The van der Waals surface area contributed by atoms with Crippen molar-refractivity contribution in [1.29, 1.82) is 0 Å². The Morgan fingerprint density at radius 3 is 2.60 bits per heavy atom. The van der Waals surface area contributed by atoms with Crippen LogP contribution in [0, 0.1) is 6.92 Å². The second-order valence-electron chi connectivity index (χ2n) is 4.36. The Morgan fingerprint density at radius 1 is 1.47 bits per heavy atom. The SMILES string of the molecule is Cc1cc(NC(C)(C)CO)c(Br)cc1N. The van der Waals surface area contributed by atoms with Gasteiger partial charge in [0.1, 0.15) is 0 Å². The van der Waals surface area contributed by atoms with Crippen molar-refractivity contribution in [3.8, 4) is 0 Å². The fourth-order valence-electron chi connectivity index (χ4n) is 1.20. The van der Waals surface area contributed by atoms with Crippen molar-refractivity contribution < 1.29 is 5.11 Å². The highest BCUT2D eigenvalue weighted by molar-refractivity contribution is 9.10. The van der Waals surface area contributed by atoms with Crippen molar-refractivity contribution >= 4 is 27.3 Å². The molecule has 0 aliphatic carbocycles. The minimum Gasteiger partial charge on any atom is -0.398 e. The first-order chi connectivity index (χ1) is 6.85. The summed E-state index contributed by atoms with van der Waals surface area (Å²) in [5.74, 6) is 0. The van der Waals surface area contributed by atoms with Crippen LogP contribution in [0.2, 0.25) is 0 Å². The number of hydrogen-bond donors (Lipinski definition) is 3. The van der Waals surface area contributed by atoms with Crippen LogP contribution in [0.5, 0.6) is 0 Å². The smallest absolute Gasteiger partial charge is 0.0656 e. The molecule has 0 radical (unpaired) electrons. The minimum atomic E-state index is -0.342. The molecule has 15 heavy (non-hydrogen) atoms. The Bertz CT molecular complexity index is 364. The highest BCUT2D eigenvalue weighted by Crippen LogP contribution is 2.29. The van der Waals surface area contributed by atoms with Gasteiger partial charge in [0.05, 0.1) is 12.1 Å². The number of aliphatic hydroxyl groups is 1. The van der Waals surface area contributed by atoms with Crippen LogP contribution in [-0.4, -0.2) is 17.3 Å². The second kappa shape index (κ2) is 4.41. The van der Waals surface area contributed by atoms with Gasteiger partial charge in [-0.15, -0.1) is 0 Å². The molecule has 0 amide bonds. The van der Waals surface area contributed by atoms with E-state index in [4.69, 9.17) is 10.8 Å². The summed E-state index contributed by atoms with van der Waals surface area (Å²) in [5.41, 5.74) is 8.16. The molecule has 0 spiro atoms. The maximum atomic E-state index is 9.17. The lowest BCUT2D eigenvalue weighted by Gasteiger charge is -2.26. The summed E-state index contributed by atoms with van der Waals surface area (Å²) in [6.45, 7) is 5.90. The summed E-state index contributed by atoms with van der Waals surface area (Å²) in [7, 11) is 0. The number of nitrogens with one attached hydrogen (secondary N) is 1. The van der Waals surface area contributed by atoms with Gasteiger partial charge in [-0.05, 0) is 54.4 Å². The van der Waals surface area contributed by atoms with Crippen LogP contribution < -0.4 is 11.1 Å². The van der Waals surface area contributed by atoms with Crippen molar-refractivity contribution in [3.63, 3.8) is 0 Å². The van der Waals surface area contributed by atoms with Crippen molar-refractivity contribution in [2.24, 2.45) is 0 Å². The molecular formula is C11H17BrN2O. The first-order valence-corrected chi connectivity index (χ1v) is 5.60. The molecule has 0 heterocycles. The van der Waals surface area contributed by atoms with Crippen LogP contribution in [0.25, 0.3) is 0 Å². The predicted molar refractivity (Wildman–Crippen MR) is 68.1 cm³/mol. The van der Waals surface area contributed by atoms with E-state index < -0.39 is 0 Å². The van der Waals surface area contributed by atoms with Crippen LogP contribution in [0.1, 0.15) is 19.4 Å². The molecule has 0 saturated heterocycles. The first-order valence-electron chi connectivity index (χ1n) is 4.80. The molecule has 4 heteroatoms. The van der Waals surface area contributed by atoms with E-state index in [9.17, 15) is 0 Å². The topological polar surface area (TPSA) is 58.3 Å². The third-order valence-electron chi connectivity index (χ3n) is 2.22. The molecule has 0 atom stereocenters. The van der Waals surface area contributed by atoms with E-state index in [-0.39, 0.29) is 12.1 Å². The van der Waals surface area contributed by atoms with Crippen LogP contribution in [0.15, 0.2) is 16.6 Å². The summed E-state index contributed by atoms with van der Waals surface area (Å²) in [6, 6.07) is 3.84. The fourth-order valence-corrected chi connectivity index (χ4v) is 1.66. The van der Waals surface area contributed by atoms with Gasteiger partial charge >= 0.3 is 0 Å². The van der Waals surface area contributed by atoms with Gasteiger partial charge in [0.2, 0.25) is 0 Å². The highest BCUT2D eigenvalue weighted by atomic mass is 79.9. The van der Waals surface area contributed by atoms with E-state index in [1.54, 1.807) is 0 Å².